The van der Waals surface area contributed by atoms with Crippen LogP contribution in [0.2, 0.25) is 5.02 Å². The van der Waals surface area contributed by atoms with Crippen molar-refractivity contribution in [1.29, 1.82) is 0 Å². The zero-order valence-electron chi connectivity index (χ0n) is 14.5. The average Bonchev–Trinajstić information content (AvgIpc) is 2.64. The Labute approximate surface area is 153 Å². The maximum Gasteiger partial charge on any atom is 0.162 e. The third-order valence-corrected chi connectivity index (χ3v) is 4.32. The van der Waals surface area contributed by atoms with Crippen LogP contribution in [0.3, 0.4) is 0 Å². The first-order valence-corrected chi connectivity index (χ1v) is 8.81. The molecule has 0 aliphatic heterocycles. The summed E-state index contributed by atoms with van der Waals surface area (Å²) in [4.78, 5) is 11.6. The molecule has 0 saturated heterocycles. The lowest BCUT2D eigenvalue weighted by atomic mass is 10.1. The smallest absolute Gasteiger partial charge is 0.162 e. The van der Waals surface area contributed by atoms with Crippen molar-refractivity contribution in [3.05, 3.63) is 64.7 Å². The molecule has 0 amide bonds. The van der Waals surface area contributed by atoms with Crippen molar-refractivity contribution in [3.8, 4) is 5.75 Å². The molecule has 0 aliphatic carbocycles. The monoisotopic (exact) mass is 361 g/mol. The SMILES string of the molecule is CCC(=O)c1ccc(OCC(O)CNC(C)c2ccccc2Cl)cc1. The standard InChI is InChI=1S/C20H24ClNO3/c1-3-20(24)15-8-10-17(11-9-15)25-13-16(23)12-22-14(2)18-6-4-5-7-19(18)21/h4-11,14,16,22-23H,3,12-13H2,1-2H3. The van der Waals surface area contributed by atoms with Gasteiger partial charge in [0, 0.05) is 29.6 Å². The van der Waals surface area contributed by atoms with Crippen LogP contribution in [0, 0.1) is 0 Å². The van der Waals surface area contributed by atoms with Gasteiger partial charge in [0.15, 0.2) is 5.78 Å². The fourth-order valence-electron chi connectivity index (χ4n) is 2.44. The third kappa shape index (κ3) is 5.85. The number of carbonyl (C=O) groups is 1. The fraction of sp³-hybridized carbons (Fsp3) is 0.350. The van der Waals surface area contributed by atoms with Gasteiger partial charge < -0.3 is 15.2 Å². The number of carbonyl (C=O) groups excluding carboxylic acids is 1. The molecule has 2 aromatic rings. The van der Waals surface area contributed by atoms with Gasteiger partial charge in [0.25, 0.3) is 0 Å². The van der Waals surface area contributed by atoms with Crippen LogP contribution in [0.15, 0.2) is 48.5 Å². The number of halogens is 1. The van der Waals surface area contributed by atoms with Crippen molar-refractivity contribution in [2.45, 2.75) is 32.4 Å². The van der Waals surface area contributed by atoms with Crippen molar-refractivity contribution in [1.82, 2.24) is 5.32 Å². The zero-order valence-corrected chi connectivity index (χ0v) is 15.3. The second-order valence-corrected chi connectivity index (χ2v) is 6.32. The molecule has 0 spiro atoms. The van der Waals surface area contributed by atoms with E-state index in [0.29, 0.717) is 29.3 Å². The Bertz CT molecular complexity index is 688. The molecule has 25 heavy (non-hydrogen) atoms. The van der Waals surface area contributed by atoms with Crippen molar-refractivity contribution in [3.63, 3.8) is 0 Å². The summed E-state index contributed by atoms with van der Waals surface area (Å²) in [5, 5.41) is 14.0. The zero-order chi connectivity index (χ0) is 18.2. The van der Waals surface area contributed by atoms with Gasteiger partial charge >= 0.3 is 0 Å². The number of benzene rings is 2. The number of hydrogen-bond donors (Lipinski definition) is 2. The van der Waals surface area contributed by atoms with E-state index in [1.54, 1.807) is 24.3 Å². The molecule has 0 bridgehead atoms. The molecule has 0 saturated carbocycles. The van der Waals surface area contributed by atoms with Crippen molar-refractivity contribution in [2.75, 3.05) is 13.2 Å². The number of ketones is 1. The summed E-state index contributed by atoms with van der Waals surface area (Å²) in [6.45, 7) is 4.39. The van der Waals surface area contributed by atoms with Crippen LogP contribution in [-0.2, 0) is 0 Å². The van der Waals surface area contributed by atoms with E-state index in [9.17, 15) is 9.90 Å². The van der Waals surface area contributed by atoms with Crippen LogP contribution in [0.4, 0.5) is 0 Å². The van der Waals surface area contributed by atoms with Crippen LogP contribution in [0.5, 0.6) is 5.75 Å². The van der Waals surface area contributed by atoms with Gasteiger partial charge in [-0.05, 0) is 42.8 Å². The summed E-state index contributed by atoms with van der Waals surface area (Å²) in [6, 6.07) is 14.6. The highest BCUT2D eigenvalue weighted by Gasteiger charge is 2.12. The molecule has 5 heteroatoms. The minimum Gasteiger partial charge on any atom is -0.491 e. The van der Waals surface area contributed by atoms with Gasteiger partial charge in [0.2, 0.25) is 0 Å². The van der Waals surface area contributed by atoms with Gasteiger partial charge in [-0.25, -0.2) is 0 Å². The Morgan fingerprint density at radius 3 is 2.52 bits per heavy atom. The van der Waals surface area contributed by atoms with Crippen LogP contribution in [0.1, 0.15) is 42.2 Å². The highest BCUT2D eigenvalue weighted by atomic mass is 35.5. The number of hydrogen-bond acceptors (Lipinski definition) is 4. The Morgan fingerprint density at radius 1 is 1.20 bits per heavy atom. The van der Waals surface area contributed by atoms with Crippen LogP contribution >= 0.6 is 11.6 Å². The largest absolute Gasteiger partial charge is 0.491 e. The molecule has 2 rings (SSSR count). The predicted molar refractivity (Wildman–Crippen MR) is 100 cm³/mol. The second kappa shape index (κ2) is 9.56. The number of Topliss-reactive ketones (excluding diaryl/α,β-unsaturated/α-hetero) is 1. The molecule has 2 unspecified atom stereocenters. The number of aliphatic hydroxyl groups is 1. The Hall–Kier alpha value is -1.88. The van der Waals surface area contributed by atoms with E-state index < -0.39 is 6.10 Å². The number of rotatable bonds is 9. The van der Waals surface area contributed by atoms with Gasteiger partial charge in [-0.15, -0.1) is 0 Å². The second-order valence-electron chi connectivity index (χ2n) is 5.92. The maximum absolute atomic E-state index is 11.6. The normalized spacial score (nSPS) is 13.3. The van der Waals surface area contributed by atoms with E-state index in [-0.39, 0.29) is 18.4 Å². The van der Waals surface area contributed by atoms with Gasteiger partial charge in [0.05, 0.1) is 0 Å². The average molecular weight is 362 g/mol. The first-order chi connectivity index (χ1) is 12.0. The van der Waals surface area contributed by atoms with E-state index in [2.05, 4.69) is 5.32 Å². The fourth-order valence-corrected chi connectivity index (χ4v) is 2.74. The van der Waals surface area contributed by atoms with Gasteiger partial charge in [-0.1, -0.05) is 36.7 Å². The minimum atomic E-state index is -0.651. The molecular formula is C20H24ClNO3. The lowest BCUT2D eigenvalue weighted by Crippen LogP contribution is -2.33. The summed E-state index contributed by atoms with van der Waals surface area (Å²) in [7, 11) is 0. The molecule has 0 heterocycles. The maximum atomic E-state index is 11.6. The van der Waals surface area contributed by atoms with Gasteiger partial charge in [-0.3, -0.25) is 4.79 Å². The third-order valence-electron chi connectivity index (χ3n) is 3.97. The van der Waals surface area contributed by atoms with E-state index >= 15 is 0 Å². The van der Waals surface area contributed by atoms with E-state index in [1.165, 1.54) is 0 Å². The Kier molecular flexibility index (Phi) is 7.44. The summed E-state index contributed by atoms with van der Waals surface area (Å²) in [5.41, 5.74) is 1.67. The summed E-state index contributed by atoms with van der Waals surface area (Å²) < 4.78 is 5.57. The van der Waals surface area contributed by atoms with Crippen LogP contribution < -0.4 is 10.1 Å². The van der Waals surface area contributed by atoms with E-state index in [4.69, 9.17) is 16.3 Å². The molecule has 2 atom stereocenters. The van der Waals surface area contributed by atoms with E-state index in [1.807, 2.05) is 38.1 Å². The molecule has 4 nitrogen and oxygen atoms in total. The first kappa shape index (κ1) is 19.4. The molecule has 134 valence electrons. The van der Waals surface area contributed by atoms with Crippen molar-refractivity contribution >= 4 is 17.4 Å². The molecule has 0 radical (unpaired) electrons. The lowest BCUT2D eigenvalue weighted by Gasteiger charge is -2.19. The number of aliphatic hydroxyl groups excluding tert-OH is 1. The molecule has 0 aromatic heterocycles. The highest BCUT2D eigenvalue weighted by molar-refractivity contribution is 6.31. The molecule has 2 aromatic carbocycles. The predicted octanol–water partition coefficient (Wildman–Crippen LogP) is 4.02. The highest BCUT2D eigenvalue weighted by Crippen LogP contribution is 2.22. The molecule has 0 fully saturated rings. The summed E-state index contributed by atoms with van der Waals surface area (Å²) in [6.07, 6.45) is -0.171. The number of ether oxygens (including phenoxy) is 1. The number of nitrogens with one attached hydrogen (secondary N) is 1. The molecular weight excluding hydrogens is 338 g/mol. The van der Waals surface area contributed by atoms with Crippen LogP contribution in [-0.4, -0.2) is 30.1 Å². The topological polar surface area (TPSA) is 58.6 Å². The molecule has 2 N–H and O–H groups in total. The first-order valence-electron chi connectivity index (χ1n) is 8.43. The Balaban J connectivity index is 1.78. The summed E-state index contributed by atoms with van der Waals surface area (Å²) in [5.74, 6) is 0.732. The minimum absolute atomic E-state index is 0.0303. The Morgan fingerprint density at radius 2 is 1.88 bits per heavy atom. The van der Waals surface area contributed by atoms with Crippen molar-refractivity contribution < 1.29 is 14.6 Å². The van der Waals surface area contributed by atoms with Gasteiger partial charge in [-0.2, -0.15) is 0 Å². The molecule has 0 aliphatic rings. The lowest BCUT2D eigenvalue weighted by molar-refractivity contribution is 0.0986. The van der Waals surface area contributed by atoms with Crippen molar-refractivity contribution in [2.24, 2.45) is 0 Å². The summed E-state index contributed by atoms with van der Waals surface area (Å²) >= 11 is 6.17. The van der Waals surface area contributed by atoms with Crippen LogP contribution in [0.25, 0.3) is 0 Å². The van der Waals surface area contributed by atoms with E-state index in [0.717, 1.165) is 5.56 Å². The quantitative estimate of drug-likeness (QED) is 0.662. The van der Waals surface area contributed by atoms with Gasteiger partial charge in [0.1, 0.15) is 18.5 Å².